The van der Waals surface area contributed by atoms with Gasteiger partial charge < -0.3 is 14.9 Å². The van der Waals surface area contributed by atoms with Gasteiger partial charge in [-0.3, -0.25) is 30.0 Å². The first-order valence-electron chi connectivity index (χ1n) is 15.5. The van der Waals surface area contributed by atoms with E-state index in [4.69, 9.17) is 10.1 Å². The summed E-state index contributed by atoms with van der Waals surface area (Å²) in [6.45, 7) is 6.69. The predicted octanol–water partition coefficient (Wildman–Crippen LogP) is 5.14. The summed E-state index contributed by atoms with van der Waals surface area (Å²) in [5.41, 5.74) is 7.50. The lowest BCUT2D eigenvalue weighted by Crippen LogP contribution is -2.41. The number of ether oxygens (including phenoxy) is 2. The van der Waals surface area contributed by atoms with E-state index in [-0.39, 0.29) is 35.5 Å². The molecule has 0 saturated heterocycles. The van der Waals surface area contributed by atoms with Crippen molar-refractivity contribution in [1.29, 1.82) is 5.41 Å². The smallest absolute Gasteiger partial charge is 0.330 e. The molecular formula is C37H39N3O7. The average Bonchev–Trinajstić information content (AvgIpc) is 3.09. The van der Waals surface area contributed by atoms with Crippen LogP contribution < -0.4 is 10.9 Å². The van der Waals surface area contributed by atoms with Crippen LogP contribution in [0.1, 0.15) is 75.9 Å². The Morgan fingerprint density at radius 1 is 0.979 bits per heavy atom. The number of methoxy groups -OCH3 is 1. The van der Waals surface area contributed by atoms with Crippen LogP contribution in [0, 0.1) is 5.41 Å². The molecule has 0 aliphatic carbocycles. The van der Waals surface area contributed by atoms with Crippen LogP contribution in [0.5, 0.6) is 0 Å². The van der Waals surface area contributed by atoms with Crippen LogP contribution in [0.4, 0.5) is 0 Å². The molecular weight excluding hydrogens is 598 g/mol. The molecule has 47 heavy (non-hydrogen) atoms. The molecule has 1 aliphatic heterocycles. The van der Waals surface area contributed by atoms with Gasteiger partial charge in [0.2, 0.25) is 11.7 Å². The molecule has 3 aromatic carbocycles. The maximum Gasteiger partial charge on any atom is 0.330 e. The van der Waals surface area contributed by atoms with Crippen LogP contribution >= 0.6 is 0 Å². The third-order valence-corrected chi connectivity index (χ3v) is 8.11. The van der Waals surface area contributed by atoms with E-state index in [1.807, 2.05) is 31.2 Å². The molecule has 0 aromatic heterocycles. The average molecular weight is 638 g/mol. The van der Waals surface area contributed by atoms with Crippen molar-refractivity contribution in [3.05, 3.63) is 107 Å². The minimum atomic E-state index is -0.738. The summed E-state index contributed by atoms with van der Waals surface area (Å²) in [5.74, 6) is -3.45. The van der Waals surface area contributed by atoms with Gasteiger partial charge in [-0.2, -0.15) is 0 Å². The summed E-state index contributed by atoms with van der Waals surface area (Å²) in [4.78, 5) is 63.0. The molecule has 1 heterocycles. The van der Waals surface area contributed by atoms with Gasteiger partial charge in [-0.05, 0) is 71.2 Å². The molecule has 4 bridgehead atoms. The number of aryl methyl sites for hydroxylation is 2. The maximum absolute atomic E-state index is 14.1. The zero-order valence-electron chi connectivity index (χ0n) is 26.6. The largest absolute Gasteiger partial charge is 0.466 e. The molecule has 0 unspecified atom stereocenters. The minimum Gasteiger partial charge on any atom is -0.466 e. The van der Waals surface area contributed by atoms with Gasteiger partial charge >= 0.3 is 5.97 Å². The quantitative estimate of drug-likeness (QED) is 0.199. The van der Waals surface area contributed by atoms with E-state index in [0.717, 1.165) is 53.3 Å². The number of ketones is 2. The highest BCUT2D eigenvalue weighted by molar-refractivity contribution is 6.47. The summed E-state index contributed by atoms with van der Waals surface area (Å²) in [6.07, 6.45) is 4.70. The van der Waals surface area contributed by atoms with Crippen LogP contribution in [0.25, 0.3) is 10.8 Å². The van der Waals surface area contributed by atoms with Crippen molar-refractivity contribution in [2.24, 2.45) is 0 Å². The highest BCUT2D eigenvalue weighted by Gasteiger charge is 2.26. The lowest BCUT2D eigenvalue weighted by molar-refractivity contribution is -0.135. The molecule has 0 saturated carbocycles. The third kappa shape index (κ3) is 9.17. The number of hydrazine groups is 1. The summed E-state index contributed by atoms with van der Waals surface area (Å²) < 4.78 is 10.2. The number of amides is 2. The minimum absolute atomic E-state index is 0.0874. The number of hydrogen-bond donors (Lipinski definition) is 3. The molecule has 0 fully saturated rings. The Balaban J connectivity index is 1.64. The van der Waals surface area contributed by atoms with Gasteiger partial charge in [-0.25, -0.2) is 4.79 Å². The molecule has 2 amide bonds. The number of rotatable bonds is 5. The van der Waals surface area contributed by atoms with Crippen LogP contribution in [-0.4, -0.2) is 55.4 Å². The highest BCUT2D eigenvalue weighted by atomic mass is 16.5. The molecule has 10 heteroatoms. The van der Waals surface area contributed by atoms with Gasteiger partial charge in [0, 0.05) is 42.2 Å². The van der Waals surface area contributed by atoms with Crippen LogP contribution in [0.2, 0.25) is 0 Å². The number of carbonyl (C=O) groups excluding carboxylic acids is 5. The lowest BCUT2D eigenvalue weighted by atomic mass is 9.84. The number of hydrogen-bond acceptors (Lipinski definition) is 8. The van der Waals surface area contributed by atoms with E-state index >= 15 is 0 Å². The summed E-state index contributed by atoms with van der Waals surface area (Å²) >= 11 is 0. The van der Waals surface area contributed by atoms with Gasteiger partial charge in [-0.1, -0.05) is 62.0 Å². The van der Waals surface area contributed by atoms with E-state index in [9.17, 15) is 24.0 Å². The monoisotopic (exact) mass is 637 g/mol. The van der Waals surface area contributed by atoms with Gasteiger partial charge in [0.15, 0.2) is 5.78 Å². The fraction of sp³-hybridized carbons (Fsp3) is 0.297. The molecule has 1 aliphatic rings. The van der Waals surface area contributed by atoms with E-state index in [1.54, 1.807) is 12.1 Å². The zero-order chi connectivity index (χ0) is 33.9. The fourth-order valence-electron chi connectivity index (χ4n) is 5.40. The second-order valence-corrected chi connectivity index (χ2v) is 11.4. The Labute approximate surface area is 273 Å². The standard InChI is InChI=1S/C37H39N3O7/c1-23-17-19-47-18-7-6-8-25-20-27-9-4-5-10-29(27)30(21-25)24(2)35(38)37(45)31-22-28(36(23)44)12-11-26(31)13-14-32(41)39-40-33(42)15-16-34(43)46-3/h4-5,9-12,15-16,20-22,24,38H,1,6-8,13-14,17-19H2,2-3H3,(H,39,41)(H,40,42)/b16-15+,38-35?/t24-/m1/s1. The first-order chi connectivity index (χ1) is 22.6. The zero-order valence-corrected chi connectivity index (χ0v) is 26.6. The number of carbonyl (C=O) groups is 5. The maximum atomic E-state index is 14.1. The van der Waals surface area contributed by atoms with Gasteiger partial charge in [0.1, 0.15) is 0 Å². The Morgan fingerprint density at radius 3 is 2.55 bits per heavy atom. The van der Waals surface area contributed by atoms with Crippen molar-refractivity contribution in [3.8, 4) is 0 Å². The van der Waals surface area contributed by atoms with Crippen molar-refractivity contribution in [1.82, 2.24) is 10.9 Å². The van der Waals surface area contributed by atoms with Crippen LogP contribution in [0.15, 0.2) is 78.9 Å². The molecule has 10 nitrogen and oxygen atoms in total. The van der Waals surface area contributed by atoms with E-state index < -0.39 is 29.5 Å². The Kier molecular flexibility index (Phi) is 12.1. The Bertz CT molecular complexity index is 1760. The summed E-state index contributed by atoms with van der Waals surface area (Å²) in [5, 5.41) is 11.1. The number of esters is 1. The van der Waals surface area contributed by atoms with E-state index in [1.165, 1.54) is 13.2 Å². The third-order valence-electron chi connectivity index (χ3n) is 8.11. The topological polar surface area (TPSA) is 152 Å². The number of nitrogens with one attached hydrogen (secondary N) is 3. The van der Waals surface area contributed by atoms with Crippen molar-refractivity contribution >= 4 is 45.8 Å². The second kappa shape index (κ2) is 16.4. The SMILES string of the molecule is C=C1CCOCCCCc2cc(c3ccccc3c2)[C@@H](C)C(=N)C(=O)c2cc(ccc2CCC(=O)NNC(=O)/C=C/C(=O)OC)C1=O. The Hall–Kier alpha value is -5.22. The predicted molar refractivity (Wildman–Crippen MR) is 178 cm³/mol. The molecule has 1 atom stereocenters. The number of Topliss-reactive ketones (excluding diaryl/α,β-unsaturated/α-hetero) is 2. The van der Waals surface area contributed by atoms with Gasteiger partial charge in [0.25, 0.3) is 5.91 Å². The highest BCUT2D eigenvalue weighted by Crippen LogP contribution is 2.30. The fourth-order valence-corrected chi connectivity index (χ4v) is 5.40. The normalized spacial score (nSPS) is 16.4. The molecule has 0 spiro atoms. The first kappa shape index (κ1) is 34.6. The van der Waals surface area contributed by atoms with Gasteiger partial charge in [-0.15, -0.1) is 0 Å². The van der Waals surface area contributed by atoms with Crippen LogP contribution in [0.3, 0.4) is 0 Å². The van der Waals surface area contributed by atoms with E-state index in [0.29, 0.717) is 30.8 Å². The summed E-state index contributed by atoms with van der Waals surface area (Å²) in [6, 6.07) is 16.8. The molecule has 4 rings (SSSR count). The molecule has 3 N–H and O–H groups in total. The van der Waals surface area contributed by atoms with Crippen LogP contribution in [-0.2, 0) is 36.7 Å². The molecule has 244 valence electrons. The van der Waals surface area contributed by atoms with E-state index in [2.05, 4.69) is 34.3 Å². The number of benzene rings is 3. The lowest BCUT2D eigenvalue weighted by Gasteiger charge is -2.19. The van der Waals surface area contributed by atoms with Crippen molar-refractivity contribution in [2.75, 3.05) is 20.3 Å². The first-order valence-corrected chi connectivity index (χ1v) is 15.5. The second-order valence-electron chi connectivity index (χ2n) is 11.4. The Morgan fingerprint density at radius 2 is 1.77 bits per heavy atom. The van der Waals surface area contributed by atoms with Gasteiger partial charge in [0.05, 0.1) is 19.4 Å². The molecule has 3 aromatic rings. The van der Waals surface area contributed by atoms with Crippen molar-refractivity contribution in [3.63, 3.8) is 0 Å². The number of fused-ring (bicyclic) bond motifs is 6. The molecule has 0 radical (unpaired) electrons. The van der Waals surface area contributed by atoms with Crippen molar-refractivity contribution < 1.29 is 33.4 Å². The van der Waals surface area contributed by atoms with Crippen molar-refractivity contribution in [2.45, 2.75) is 51.4 Å². The summed E-state index contributed by atoms with van der Waals surface area (Å²) in [7, 11) is 1.17.